The number of para-hydroxylation sites is 1. The van der Waals surface area contributed by atoms with Crippen molar-refractivity contribution in [2.24, 2.45) is 11.8 Å². The van der Waals surface area contributed by atoms with Crippen LogP contribution in [0.5, 0.6) is 0 Å². The van der Waals surface area contributed by atoms with Crippen LogP contribution in [0, 0.1) is 11.8 Å². The first kappa shape index (κ1) is 16.7. The van der Waals surface area contributed by atoms with Crippen LogP contribution in [-0.4, -0.2) is 30.1 Å². The predicted molar refractivity (Wildman–Crippen MR) is 89.7 cm³/mol. The van der Waals surface area contributed by atoms with Crippen molar-refractivity contribution in [3.8, 4) is 0 Å². The molecule has 1 fully saturated rings. The van der Waals surface area contributed by atoms with Crippen LogP contribution in [-0.2, 0) is 19.1 Å². The number of rotatable bonds is 4. The molecular formula is C19H17NO5. The molecule has 6 heteroatoms. The van der Waals surface area contributed by atoms with Gasteiger partial charge in [0.15, 0.2) is 5.92 Å². The first-order valence-corrected chi connectivity index (χ1v) is 7.80. The summed E-state index contributed by atoms with van der Waals surface area (Å²) in [5.74, 6) is -5.29. The zero-order valence-electron chi connectivity index (χ0n) is 13.5. The second-order valence-corrected chi connectivity index (χ2v) is 5.76. The number of hydrogen-bond acceptors (Lipinski definition) is 4. The van der Waals surface area contributed by atoms with Crippen LogP contribution in [0.1, 0.15) is 11.6 Å². The van der Waals surface area contributed by atoms with Gasteiger partial charge in [0.25, 0.3) is 0 Å². The lowest BCUT2D eigenvalue weighted by molar-refractivity contribution is -0.156. The highest BCUT2D eigenvalue weighted by atomic mass is 16.5. The Kier molecular flexibility index (Phi) is 4.52. The molecule has 1 aliphatic heterocycles. The van der Waals surface area contributed by atoms with Crippen molar-refractivity contribution in [3.05, 3.63) is 66.2 Å². The number of hydrogen-bond donors (Lipinski definition) is 1. The van der Waals surface area contributed by atoms with Crippen LogP contribution in [0.15, 0.2) is 60.7 Å². The fraction of sp³-hybridized carbons (Fsp3) is 0.211. The Morgan fingerprint density at radius 1 is 1.00 bits per heavy atom. The maximum absolute atomic E-state index is 12.9. The quantitative estimate of drug-likeness (QED) is 0.682. The first-order chi connectivity index (χ1) is 12.1. The third-order valence-electron chi connectivity index (χ3n) is 4.40. The predicted octanol–water partition coefficient (Wildman–Crippen LogP) is 2.26. The molecule has 2 aromatic rings. The maximum atomic E-state index is 12.9. The van der Waals surface area contributed by atoms with Gasteiger partial charge in [0.2, 0.25) is 5.91 Å². The van der Waals surface area contributed by atoms with Crippen LogP contribution in [0.25, 0.3) is 0 Å². The van der Waals surface area contributed by atoms with Gasteiger partial charge in [0, 0.05) is 5.69 Å². The van der Waals surface area contributed by atoms with Gasteiger partial charge in [-0.3, -0.25) is 14.4 Å². The van der Waals surface area contributed by atoms with E-state index < -0.39 is 35.7 Å². The van der Waals surface area contributed by atoms with E-state index in [2.05, 4.69) is 0 Å². The molecule has 3 atom stereocenters. The molecule has 1 N–H and O–H groups in total. The molecular weight excluding hydrogens is 322 g/mol. The molecule has 0 spiro atoms. The fourth-order valence-corrected chi connectivity index (χ4v) is 3.33. The topological polar surface area (TPSA) is 83.9 Å². The van der Waals surface area contributed by atoms with E-state index in [-0.39, 0.29) is 0 Å². The number of carbonyl (C=O) groups is 3. The number of ether oxygens (including phenoxy) is 1. The molecule has 3 rings (SSSR count). The molecule has 128 valence electrons. The van der Waals surface area contributed by atoms with Gasteiger partial charge in [-0.15, -0.1) is 0 Å². The molecule has 1 saturated heterocycles. The molecule has 0 radical (unpaired) electrons. The van der Waals surface area contributed by atoms with E-state index in [4.69, 9.17) is 4.74 Å². The lowest BCUT2D eigenvalue weighted by Crippen LogP contribution is -2.32. The molecule has 0 saturated carbocycles. The van der Waals surface area contributed by atoms with Gasteiger partial charge >= 0.3 is 11.9 Å². The van der Waals surface area contributed by atoms with Gasteiger partial charge < -0.3 is 14.7 Å². The number of esters is 1. The minimum Gasteiger partial charge on any atom is -0.481 e. The van der Waals surface area contributed by atoms with Crippen LogP contribution in [0.2, 0.25) is 0 Å². The molecule has 2 aromatic carbocycles. The second-order valence-electron chi connectivity index (χ2n) is 5.76. The van der Waals surface area contributed by atoms with Gasteiger partial charge in [0.1, 0.15) is 5.92 Å². The van der Waals surface area contributed by atoms with Crippen molar-refractivity contribution < 1.29 is 24.2 Å². The van der Waals surface area contributed by atoms with Crippen LogP contribution in [0.4, 0.5) is 5.69 Å². The number of benzene rings is 2. The summed E-state index contributed by atoms with van der Waals surface area (Å²) in [6.45, 7) is 0. The van der Waals surface area contributed by atoms with E-state index in [0.717, 1.165) is 0 Å². The largest absolute Gasteiger partial charge is 0.481 e. The van der Waals surface area contributed by atoms with Crippen molar-refractivity contribution in [2.75, 3.05) is 12.0 Å². The Hall–Kier alpha value is -3.15. The summed E-state index contributed by atoms with van der Waals surface area (Å²) in [4.78, 5) is 38.4. The summed E-state index contributed by atoms with van der Waals surface area (Å²) in [5, 5.41) is 9.57. The molecule has 1 amide bonds. The standard InChI is InChI=1S/C19H17NO5/c1-25-19(24)14-15(18(22)23)17(21)20(13-10-6-3-7-11-13)16(14)12-8-4-2-5-9-12/h2-11,14-16H,1H3,(H,22,23)/t14-,15-,16+/m1/s1. The Balaban J connectivity index is 2.19. The third-order valence-corrected chi connectivity index (χ3v) is 4.40. The maximum Gasteiger partial charge on any atom is 0.317 e. The summed E-state index contributed by atoms with van der Waals surface area (Å²) in [5.41, 5.74) is 1.22. The number of methoxy groups -OCH3 is 1. The molecule has 25 heavy (non-hydrogen) atoms. The average molecular weight is 339 g/mol. The Morgan fingerprint density at radius 3 is 2.08 bits per heavy atom. The molecule has 1 heterocycles. The smallest absolute Gasteiger partial charge is 0.317 e. The summed E-state index contributed by atoms with van der Waals surface area (Å²) >= 11 is 0. The zero-order valence-corrected chi connectivity index (χ0v) is 13.5. The van der Waals surface area contributed by atoms with Gasteiger partial charge in [-0.25, -0.2) is 0 Å². The monoisotopic (exact) mass is 339 g/mol. The van der Waals surface area contributed by atoms with Crippen molar-refractivity contribution in [1.82, 2.24) is 0 Å². The van der Waals surface area contributed by atoms with Gasteiger partial charge in [-0.1, -0.05) is 48.5 Å². The van der Waals surface area contributed by atoms with E-state index in [1.807, 2.05) is 6.07 Å². The van der Waals surface area contributed by atoms with E-state index >= 15 is 0 Å². The lowest BCUT2D eigenvalue weighted by atomic mass is 9.86. The van der Waals surface area contributed by atoms with Gasteiger partial charge in [-0.2, -0.15) is 0 Å². The van der Waals surface area contributed by atoms with Crippen LogP contribution >= 0.6 is 0 Å². The third kappa shape index (κ3) is 2.87. The van der Waals surface area contributed by atoms with Crippen LogP contribution < -0.4 is 4.90 Å². The highest BCUT2D eigenvalue weighted by Gasteiger charge is 2.56. The molecule has 0 bridgehead atoms. The van der Waals surface area contributed by atoms with Crippen molar-refractivity contribution in [2.45, 2.75) is 6.04 Å². The van der Waals surface area contributed by atoms with Gasteiger partial charge in [-0.05, 0) is 17.7 Å². The summed E-state index contributed by atoms with van der Waals surface area (Å²) in [6.07, 6.45) is 0. The van der Waals surface area contributed by atoms with Crippen LogP contribution in [0.3, 0.4) is 0 Å². The van der Waals surface area contributed by atoms with E-state index in [1.54, 1.807) is 54.6 Å². The van der Waals surface area contributed by atoms with Crippen molar-refractivity contribution in [1.29, 1.82) is 0 Å². The summed E-state index contributed by atoms with van der Waals surface area (Å²) in [7, 11) is 1.19. The highest BCUT2D eigenvalue weighted by Crippen LogP contribution is 2.45. The number of amides is 1. The van der Waals surface area contributed by atoms with Gasteiger partial charge in [0.05, 0.1) is 13.2 Å². The molecule has 0 aromatic heterocycles. The number of carboxylic acids is 1. The Morgan fingerprint density at radius 2 is 1.56 bits per heavy atom. The zero-order chi connectivity index (χ0) is 18.0. The minimum absolute atomic E-state index is 0.541. The highest BCUT2D eigenvalue weighted by molar-refractivity contribution is 6.12. The van der Waals surface area contributed by atoms with E-state index in [9.17, 15) is 19.5 Å². The van der Waals surface area contributed by atoms with E-state index in [0.29, 0.717) is 11.3 Å². The molecule has 0 unspecified atom stereocenters. The lowest BCUT2D eigenvalue weighted by Gasteiger charge is -2.27. The summed E-state index contributed by atoms with van der Waals surface area (Å²) in [6, 6.07) is 16.9. The van der Waals surface area contributed by atoms with Crippen molar-refractivity contribution >= 4 is 23.5 Å². The second kappa shape index (κ2) is 6.76. The molecule has 0 aliphatic carbocycles. The molecule has 1 aliphatic rings. The number of nitrogens with zero attached hydrogens (tertiary/aromatic N) is 1. The number of aliphatic carboxylic acids is 1. The number of carboxylic acid groups (broad SMARTS) is 1. The Labute approximate surface area is 144 Å². The normalized spacial score (nSPS) is 22.7. The molecule has 6 nitrogen and oxygen atoms in total. The number of anilines is 1. The van der Waals surface area contributed by atoms with E-state index in [1.165, 1.54) is 12.0 Å². The number of carbonyl (C=O) groups excluding carboxylic acids is 2. The SMILES string of the molecule is COC(=O)[C@@H]1[C@@H](C(=O)O)C(=O)N(c2ccccc2)[C@H]1c1ccccc1. The summed E-state index contributed by atoms with van der Waals surface area (Å²) < 4.78 is 4.82. The van der Waals surface area contributed by atoms with Crippen molar-refractivity contribution in [3.63, 3.8) is 0 Å². The first-order valence-electron chi connectivity index (χ1n) is 7.80. The average Bonchev–Trinajstić information content (AvgIpc) is 2.95. The fourth-order valence-electron chi connectivity index (χ4n) is 3.33. The minimum atomic E-state index is -1.49. The Bertz CT molecular complexity index is 790.